The van der Waals surface area contributed by atoms with Gasteiger partial charge in [0.25, 0.3) is 0 Å². The molecule has 0 aliphatic heterocycles. The summed E-state index contributed by atoms with van der Waals surface area (Å²) in [7, 11) is 0. The Morgan fingerprint density at radius 3 is 2.59 bits per heavy atom. The second-order valence-electron chi connectivity index (χ2n) is 3.06. The van der Waals surface area contributed by atoms with Gasteiger partial charge in [-0.15, -0.1) is 13.2 Å². The lowest BCUT2D eigenvalue weighted by atomic mass is 10.1. The summed E-state index contributed by atoms with van der Waals surface area (Å²) in [5.74, 6) is -1.08. The van der Waals surface area contributed by atoms with Gasteiger partial charge in [0.05, 0.1) is 12.5 Å². The topological polar surface area (TPSA) is 98.0 Å². The Balaban J connectivity index is 3.29. The van der Waals surface area contributed by atoms with Gasteiger partial charge in [-0.1, -0.05) is 0 Å². The Hall–Kier alpha value is -2.01. The first-order chi connectivity index (χ1) is 7.89. The molecule has 0 bridgehead atoms. The molecule has 0 unspecified atom stereocenters. The Morgan fingerprint density at radius 1 is 1.47 bits per heavy atom. The van der Waals surface area contributed by atoms with Crippen molar-refractivity contribution >= 4 is 5.82 Å². The lowest BCUT2D eigenvalue weighted by molar-refractivity contribution is -0.274. The molecule has 0 saturated heterocycles. The molecule has 0 radical (unpaired) electrons. The summed E-state index contributed by atoms with van der Waals surface area (Å²) in [5.41, 5.74) is 10.9. The third kappa shape index (κ3) is 3.22. The van der Waals surface area contributed by atoms with E-state index in [2.05, 4.69) is 9.72 Å². The van der Waals surface area contributed by atoms with Gasteiger partial charge < -0.3 is 16.2 Å². The van der Waals surface area contributed by atoms with Crippen molar-refractivity contribution in [3.63, 3.8) is 0 Å². The summed E-state index contributed by atoms with van der Waals surface area (Å²) >= 11 is 0. The van der Waals surface area contributed by atoms with Crippen molar-refractivity contribution in [3.05, 3.63) is 17.3 Å². The van der Waals surface area contributed by atoms with Crippen LogP contribution in [0.1, 0.15) is 11.1 Å². The van der Waals surface area contributed by atoms with Gasteiger partial charge in [0.2, 0.25) is 0 Å². The molecule has 0 saturated carbocycles. The minimum atomic E-state index is -4.90. The molecule has 8 heteroatoms. The van der Waals surface area contributed by atoms with E-state index >= 15 is 0 Å². The fourth-order valence-electron chi connectivity index (χ4n) is 1.26. The van der Waals surface area contributed by atoms with E-state index in [4.69, 9.17) is 16.7 Å². The molecule has 0 aromatic carbocycles. The second kappa shape index (κ2) is 4.88. The van der Waals surface area contributed by atoms with Crippen molar-refractivity contribution in [2.75, 3.05) is 5.73 Å². The van der Waals surface area contributed by atoms with Crippen LogP contribution in [0.25, 0.3) is 0 Å². The number of rotatable bonds is 3. The average Bonchev–Trinajstić information content (AvgIpc) is 2.22. The maximum atomic E-state index is 12.2. The molecule has 0 spiro atoms. The van der Waals surface area contributed by atoms with Crippen LogP contribution in [-0.2, 0) is 13.0 Å². The Bertz CT molecular complexity index is 453. The van der Waals surface area contributed by atoms with Crippen LogP contribution in [-0.4, -0.2) is 11.3 Å². The summed E-state index contributed by atoms with van der Waals surface area (Å²) in [4.78, 5) is 3.54. The van der Waals surface area contributed by atoms with E-state index < -0.39 is 17.9 Å². The van der Waals surface area contributed by atoms with Crippen molar-refractivity contribution in [2.24, 2.45) is 5.73 Å². The number of halogens is 3. The summed E-state index contributed by atoms with van der Waals surface area (Å²) in [6.07, 6.45) is -3.96. The van der Waals surface area contributed by atoms with Crippen LogP contribution in [0, 0.1) is 11.3 Å². The highest BCUT2D eigenvalue weighted by Gasteiger charge is 2.34. The van der Waals surface area contributed by atoms with Gasteiger partial charge in [-0.2, -0.15) is 5.26 Å². The smallest absolute Gasteiger partial charge is 0.401 e. The van der Waals surface area contributed by atoms with E-state index in [-0.39, 0.29) is 18.5 Å². The molecule has 1 heterocycles. The Labute approximate surface area is 94.8 Å². The van der Waals surface area contributed by atoms with Crippen molar-refractivity contribution < 1.29 is 17.9 Å². The normalized spacial score (nSPS) is 11.0. The summed E-state index contributed by atoms with van der Waals surface area (Å²) < 4.78 is 40.2. The number of hydrogen-bond acceptors (Lipinski definition) is 5. The summed E-state index contributed by atoms with van der Waals surface area (Å²) in [6.45, 7) is -0.0570. The predicted molar refractivity (Wildman–Crippen MR) is 52.5 cm³/mol. The van der Waals surface area contributed by atoms with Gasteiger partial charge in [0, 0.05) is 18.3 Å². The Kier molecular flexibility index (Phi) is 3.75. The van der Waals surface area contributed by atoms with Crippen LogP contribution in [0.15, 0.2) is 6.20 Å². The molecular formula is C9H9F3N4O. The van der Waals surface area contributed by atoms with E-state index in [0.29, 0.717) is 5.56 Å². The van der Waals surface area contributed by atoms with Gasteiger partial charge in [0.15, 0.2) is 11.6 Å². The molecule has 1 aromatic heterocycles. The molecule has 1 rings (SSSR count). The van der Waals surface area contributed by atoms with Gasteiger partial charge in [-0.3, -0.25) is 0 Å². The highest BCUT2D eigenvalue weighted by Crippen LogP contribution is 2.32. The van der Waals surface area contributed by atoms with Gasteiger partial charge in [-0.05, 0) is 5.56 Å². The van der Waals surface area contributed by atoms with E-state index in [0.717, 1.165) is 0 Å². The number of aromatic nitrogens is 1. The highest BCUT2D eigenvalue weighted by molar-refractivity contribution is 5.54. The van der Waals surface area contributed by atoms with Gasteiger partial charge in [-0.25, -0.2) is 4.98 Å². The largest absolute Gasteiger partial charge is 0.573 e. The molecule has 17 heavy (non-hydrogen) atoms. The lowest BCUT2D eigenvalue weighted by Gasteiger charge is -2.15. The highest BCUT2D eigenvalue weighted by atomic mass is 19.4. The van der Waals surface area contributed by atoms with Crippen molar-refractivity contribution in [1.82, 2.24) is 4.98 Å². The molecule has 4 N–H and O–H groups in total. The molecule has 0 aliphatic carbocycles. The standard InChI is InChI=1S/C9H9F3N4O/c10-9(11,12)17-7-6(1-2-13)5(3-14)4-16-8(7)15/h4H,1,3,14H2,(H2,15,16). The second-order valence-corrected chi connectivity index (χ2v) is 3.06. The number of nitrogens with zero attached hydrogens (tertiary/aromatic N) is 2. The van der Waals surface area contributed by atoms with Gasteiger partial charge in [0.1, 0.15) is 0 Å². The van der Waals surface area contributed by atoms with Crippen LogP contribution >= 0.6 is 0 Å². The lowest BCUT2D eigenvalue weighted by Crippen LogP contribution is -2.20. The Morgan fingerprint density at radius 2 is 2.12 bits per heavy atom. The number of nitrogens with two attached hydrogens (primary N) is 2. The number of nitrogen functional groups attached to an aromatic ring is 1. The van der Waals surface area contributed by atoms with E-state index in [1.54, 1.807) is 6.07 Å². The van der Waals surface area contributed by atoms with Crippen molar-refractivity contribution in [2.45, 2.75) is 19.3 Å². The fourth-order valence-corrected chi connectivity index (χ4v) is 1.26. The van der Waals surface area contributed by atoms with E-state index in [1.165, 1.54) is 6.20 Å². The zero-order valence-corrected chi connectivity index (χ0v) is 8.58. The number of alkyl halides is 3. The van der Waals surface area contributed by atoms with Crippen molar-refractivity contribution in [1.29, 1.82) is 5.26 Å². The third-order valence-corrected chi connectivity index (χ3v) is 1.95. The SMILES string of the molecule is N#CCc1c(CN)cnc(N)c1OC(F)(F)F. The van der Waals surface area contributed by atoms with E-state index in [1.807, 2.05) is 0 Å². The molecule has 0 aliphatic rings. The molecule has 1 aromatic rings. The minimum absolute atomic E-state index is 0.0137. The maximum absolute atomic E-state index is 12.2. The van der Waals surface area contributed by atoms with Gasteiger partial charge >= 0.3 is 6.36 Å². The quantitative estimate of drug-likeness (QED) is 0.831. The molecule has 5 nitrogen and oxygen atoms in total. The van der Waals surface area contributed by atoms with Crippen LogP contribution in [0.3, 0.4) is 0 Å². The fraction of sp³-hybridized carbons (Fsp3) is 0.333. The first-order valence-electron chi connectivity index (χ1n) is 4.48. The maximum Gasteiger partial charge on any atom is 0.573 e. The van der Waals surface area contributed by atoms with Crippen molar-refractivity contribution in [3.8, 4) is 11.8 Å². The van der Waals surface area contributed by atoms with E-state index in [9.17, 15) is 13.2 Å². The van der Waals surface area contributed by atoms with Crippen LogP contribution in [0.5, 0.6) is 5.75 Å². The minimum Gasteiger partial charge on any atom is -0.401 e. The predicted octanol–water partition coefficient (Wildman–Crippen LogP) is 1.09. The zero-order valence-electron chi connectivity index (χ0n) is 8.58. The summed E-state index contributed by atoms with van der Waals surface area (Å²) in [6, 6.07) is 1.73. The molecule has 0 atom stereocenters. The first kappa shape index (κ1) is 13.1. The van der Waals surface area contributed by atoms with Crippen LogP contribution < -0.4 is 16.2 Å². The van der Waals surface area contributed by atoms with Crippen LogP contribution in [0.2, 0.25) is 0 Å². The first-order valence-corrected chi connectivity index (χ1v) is 4.48. The summed E-state index contributed by atoms with van der Waals surface area (Å²) in [5, 5.41) is 8.56. The molecule has 92 valence electrons. The number of hydrogen-bond donors (Lipinski definition) is 2. The zero-order chi connectivity index (χ0) is 13.1. The molecule has 0 amide bonds. The number of nitriles is 1. The number of ether oxygens (including phenoxy) is 1. The van der Waals surface area contributed by atoms with Crippen LogP contribution in [0.4, 0.5) is 19.0 Å². The number of anilines is 1. The average molecular weight is 246 g/mol. The number of pyridine rings is 1. The third-order valence-electron chi connectivity index (χ3n) is 1.95. The monoisotopic (exact) mass is 246 g/mol. The molecular weight excluding hydrogens is 237 g/mol. The molecule has 0 fully saturated rings.